The summed E-state index contributed by atoms with van der Waals surface area (Å²) in [6, 6.07) is 8.63. The Morgan fingerprint density at radius 2 is 2.00 bits per heavy atom. The third-order valence-corrected chi connectivity index (χ3v) is 3.21. The summed E-state index contributed by atoms with van der Waals surface area (Å²) < 4.78 is 10.5. The van der Waals surface area contributed by atoms with E-state index in [-0.39, 0.29) is 17.7 Å². The maximum Gasteiger partial charge on any atom is 0.346 e. The SMILES string of the molecule is COc1ccc(-c2cc(C(=O)NCCOC(C)C)[nH]c(=O)n2)cc1. The van der Waals surface area contributed by atoms with Crippen LogP contribution in [0, 0.1) is 0 Å². The number of nitrogens with zero attached hydrogens (tertiary/aromatic N) is 1. The van der Waals surface area contributed by atoms with Crippen LogP contribution in [0.25, 0.3) is 11.3 Å². The standard InChI is InChI=1S/C17H21N3O4/c1-11(2)24-9-8-18-16(21)15-10-14(19-17(22)20-15)12-4-6-13(23-3)7-5-12/h4-7,10-11H,8-9H2,1-3H3,(H,18,21)(H,19,20,22). The van der Waals surface area contributed by atoms with Crippen molar-refractivity contribution in [1.29, 1.82) is 0 Å². The van der Waals surface area contributed by atoms with Crippen LogP contribution in [0.15, 0.2) is 35.1 Å². The van der Waals surface area contributed by atoms with Crippen LogP contribution >= 0.6 is 0 Å². The first-order valence-corrected chi connectivity index (χ1v) is 7.65. The van der Waals surface area contributed by atoms with Gasteiger partial charge in [0.05, 0.1) is 25.5 Å². The lowest BCUT2D eigenvalue weighted by atomic mass is 10.1. The van der Waals surface area contributed by atoms with Crippen molar-refractivity contribution < 1.29 is 14.3 Å². The predicted octanol–water partition coefficient (Wildman–Crippen LogP) is 1.60. The number of hydrogen-bond acceptors (Lipinski definition) is 5. The molecule has 7 heteroatoms. The van der Waals surface area contributed by atoms with E-state index < -0.39 is 5.69 Å². The van der Waals surface area contributed by atoms with Gasteiger partial charge in [-0.05, 0) is 44.2 Å². The molecule has 0 atom stereocenters. The molecule has 1 aromatic carbocycles. The molecule has 2 N–H and O–H groups in total. The molecule has 0 saturated carbocycles. The second kappa shape index (κ2) is 8.26. The molecule has 7 nitrogen and oxygen atoms in total. The predicted molar refractivity (Wildman–Crippen MR) is 90.3 cm³/mol. The Labute approximate surface area is 140 Å². The van der Waals surface area contributed by atoms with Crippen LogP contribution in [0.3, 0.4) is 0 Å². The van der Waals surface area contributed by atoms with Crippen LogP contribution in [-0.2, 0) is 4.74 Å². The number of amides is 1. The van der Waals surface area contributed by atoms with E-state index in [2.05, 4.69) is 15.3 Å². The van der Waals surface area contributed by atoms with Crippen molar-refractivity contribution in [2.75, 3.05) is 20.3 Å². The molecule has 0 aliphatic rings. The van der Waals surface area contributed by atoms with Crippen molar-refractivity contribution in [3.63, 3.8) is 0 Å². The fraction of sp³-hybridized carbons (Fsp3) is 0.353. The van der Waals surface area contributed by atoms with E-state index in [1.807, 2.05) is 13.8 Å². The Kier molecular flexibility index (Phi) is 6.08. The number of methoxy groups -OCH3 is 1. The highest BCUT2D eigenvalue weighted by Gasteiger charge is 2.10. The summed E-state index contributed by atoms with van der Waals surface area (Å²) in [4.78, 5) is 30.2. The van der Waals surface area contributed by atoms with E-state index in [0.29, 0.717) is 24.6 Å². The van der Waals surface area contributed by atoms with E-state index >= 15 is 0 Å². The molecule has 0 fully saturated rings. The van der Waals surface area contributed by atoms with Crippen LogP contribution in [-0.4, -0.2) is 42.2 Å². The molecule has 24 heavy (non-hydrogen) atoms. The smallest absolute Gasteiger partial charge is 0.346 e. The van der Waals surface area contributed by atoms with Gasteiger partial charge in [-0.2, -0.15) is 4.98 Å². The first-order chi connectivity index (χ1) is 11.5. The number of hydrogen-bond donors (Lipinski definition) is 2. The van der Waals surface area contributed by atoms with Crippen molar-refractivity contribution in [1.82, 2.24) is 15.3 Å². The molecular weight excluding hydrogens is 310 g/mol. The van der Waals surface area contributed by atoms with Crippen LogP contribution in [0.5, 0.6) is 5.75 Å². The monoisotopic (exact) mass is 331 g/mol. The molecule has 0 radical (unpaired) electrons. The first-order valence-electron chi connectivity index (χ1n) is 7.65. The Bertz CT molecular complexity index is 738. The number of carbonyl (C=O) groups excluding carboxylic acids is 1. The van der Waals surface area contributed by atoms with Crippen molar-refractivity contribution in [2.24, 2.45) is 0 Å². The van der Waals surface area contributed by atoms with Gasteiger partial charge in [0.1, 0.15) is 11.4 Å². The van der Waals surface area contributed by atoms with Gasteiger partial charge < -0.3 is 19.8 Å². The van der Waals surface area contributed by atoms with Crippen LogP contribution in [0.2, 0.25) is 0 Å². The Hall–Kier alpha value is -2.67. The molecule has 0 aliphatic carbocycles. The van der Waals surface area contributed by atoms with Gasteiger partial charge in [0.15, 0.2) is 0 Å². The zero-order chi connectivity index (χ0) is 17.5. The second-order valence-corrected chi connectivity index (χ2v) is 5.39. The van der Waals surface area contributed by atoms with Crippen LogP contribution < -0.4 is 15.7 Å². The Balaban J connectivity index is 2.12. The van der Waals surface area contributed by atoms with Crippen LogP contribution in [0.4, 0.5) is 0 Å². The fourth-order valence-electron chi connectivity index (χ4n) is 2.04. The van der Waals surface area contributed by atoms with E-state index in [4.69, 9.17) is 9.47 Å². The fourth-order valence-corrected chi connectivity index (χ4v) is 2.04. The lowest BCUT2D eigenvalue weighted by Crippen LogP contribution is -2.30. The Morgan fingerprint density at radius 1 is 1.29 bits per heavy atom. The number of benzene rings is 1. The van der Waals surface area contributed by atoms with E-state index in [1.165, 1.54) is 0 Å². The topological polar surface area (TPSA) is 93.3 Å². The van der Waals surface area contributed by atoms with Gasteiger partial charge in [-0.3, -0.25) is 4.79 Å². The highest BCUT2D eigenvalue weighted by molar-refractivity contribution is 5.93. The van der Waals surface area contributed by atoms with Crippen molar-refractivity contribution >= 4 is 5.91 Å². The molecule has 0 bridgehead atoms. The minimum atomic E-state index is -0.577. The summed E-state index contributed by atoms with van der Waals surface area (Å²) in [5.41, 5.74) is 0.723. The summed E-state index contributed by atoms with van der Waals surface area (Å²) >= 11 is 0. The molecule has 2 aromatic rings. The maximum absolute atomic E-state index is 12.1. The summed E-state index contributed by atoms with van der Waals surface area (Å²) in [6.07, 6.45) is 0.101. The van der Waals surface area contributed by atoms with Gasteiger partial charge in [-0.25, -0.2) is 4.79 Å². The molecule has 0 spiro atoms. The molecule has 1 heterocycles. The zero-order valence-electron chi connectivity index (χ0n) is 14.0. The summed E-state index contributed by atoms with van der Waals surface area (Å²) in [5, 5.41) is 2.70. The Morgan fingerprint density at radius 3 is 2.62 bits per heavy atom. The number of nitrogens with one attached hydrogen (secondary N) is 2. The quantitative estimate of drug-likeness (QED) is 0.752. The molecular formula is C17H21N3O4. The van der Waals surface area contributed by atoms with E-state index in [0.717, 1.165) is 5.56 Å². The average molecular weight is 331 g/mol. The number of ether oxygens (including phenoxy) is 2. The number of carbonyl (C=O) groups is 1. The molecule has 1 aromatic heterocycles. The van der Waals surface area contributed by atoms with Gasteiger partial charge in [0.2, 0.25) is 0 Å². The minimum absolute atomic E-state index is 0.101. The third-order valence-electron chi connectivity index (χ3n) is 3.21. The molecule has 0 saturated heterocycles. The van der Waals surface area contributed by atoms with Gasteiger partial charge in [0, 0.05) is 12.1 Å². The van der Waals surface area contributed by atoms with Crippen molar-refractivity contribution in [2.45, 2.75) is 20.0 Å². The second-order valence-electron chi connectivity index (χ2n) is 5.39. The highest BCUT2D eigenvalue weighted by atomic mass is 16.5. The van der Waals surface area contributed by atoms with E-state index in [1.54, 1.807) is 37.4 Å². The number of rotatable bonds is 7. The van der Waals surface area contributed by atoms with Gasteiger partial charge in [-0.1, -0.05) is 0 Å². The number of aromatic amines is 1. The first kappa shape index (κ1) is 17.7. The van der Waals surface area contributed by atoms with Gasteiger partial charge >= 0.3 is 5.69 Å². The summed E-state index contributed by atoms with van der Waals surface area (Å²) in [5.74, 6) is 0.323. The highest BCUT2D eigenvalue weighted by Crippen LogP contribution is 2.20. The third kappa shape index (κ3) is 4.92. The van der Waals surface area contributed by atoms with Gasteiger partial charge in [-0.15, -0.1) is 0 Å². The zero-order valence-corrected chi connectivity index (χ0v) is 14.0. The number of H-pyrrole nitrogens is 1. The molecule has 2 rings (SSSR count). The molecule has 128 valence electrons. The normalized spacial score (nSPS) is 10.7. The number of aromatic nitrogens is 2. The minimum Gasteiger partial charge on any atom is -0.497 e. The molecule has 0 aliphatic heterocycles. The van der Waals surface area contributed by atoms with Crippen LogP contribution in [0.1, 0.15) is 24.3 Å². The average Bonchev–Trinajstić information content (AvgIpc) is 2.58. The molecule has 0 unspecified atom stereocenters. The van der Waals surface area contributed by atoms with Crippen molar-refractivity contribution in [3.8, 4) is 17.0 Å². The van der Waals surface area contributed by atoms with Crippen molar-refractivity contribution in [3.05, 3.63) is 46.5 Å². The molecule has 1 amide bonds. The summed E-state index contributed by atoms with van der Waals surface area (Å²) in [6.45, 7) is 4.61. The van der Waals surface area contributed by atoms with E-state index in [9.17, 15) is 9.59 Å². The lowest BCUT2D eigenvalue weighted by molar-refractivity contribution is 0.0744. The summed E-state index contributed by atoms with van der Waals surface area (Å²) in [7, 11) is 1.58. The maximum atomic E-state index is 12.1. The van der Waals surface area contributed by atoms with Gasteiger partial charge in [0.25, 0.3) is 5.91 Å². The lowest BCUT2D eigenvalue weighted by Gasteiger charge is -2.09. The largest absolute Gasteiger partial charge is 0.497 e.